The fourth-order valence-electron chi connectivity index (χ4n) is 1.44. The first kappa shape index (κ1) is 13.0. The number of halogens is 1. The van der Waals surface area contributed by atoms with E-state index in [2.05, 4.69) is 38.7 Å². The van der Waals surface area contributed by atoms with E-state index in [1.54, 1.807) is 0 Å². The summed E-state index contributed by atoms with van der Waals surface area (Å²) in [6, 6.07) is 10.3. The van der Waals surface area contributed by atoms with Crippen molar-refractivity contribution < 1.29 is 0 Å². The van der Waals surface area contributed by atoms with Crippen molar-refractivity contribution in [1.29, 1.82) is 0 Å². The maximum absolute atomic E-state index is 6.71. The van der Waals surface area contributed by atoms with Crippen LogP contribution in [0.4, 0.5) is 0 Å². The van der Waals surface area contributed by atoms with Gasteiger partial charge in [-0.05, 0) is 6.16 Å². The molecule has 0 aliphatic rings. The molecule has 0 amide bonds. The lowest BCUT2D eigenvalue weighted by Crippen LogP contribution is -2.17. The molecule has 0 bridgehead atoms. The highest BCUT2D eigenvalue weighted by Crippen LogP contribution is 2.54. The second-order valence-corrected chi connectivity index (χ2v) is 13.9. The van der Waals surface area contributed by atoms with Crippen molar-refractivity contribution in [2.45, 2.75) is 26.6 Å². The summed E-state index contributed by atoms with van der Waals surface area (Å²) in [4.78, 5) is 0. The summed E-state index contributed by atoms with van der Waals surface area (Å²) in [6.45, 7) is 8.85. The monoisotopic (exact) mass is 259 g/mol. The molecule has 0 aliphatic heterocycles. The summed E-state index contributed by atoms with van der Waals surface area (Å²) in [5.41, 5.74) is 0. The smallest absolute Gasteiger partial charge is 0.172 e. The van der Waals surface area contributed by atoms with Crippen molar-refractivity contribution in [3.05, 3.63) is 30.3 Å². The Balaban J connectivity index is 3.23. The standard InChI is InChI=1S/C11H19ClNPSi/c1-5-14(12,13-15(2,3)4)11-9-7-6-8-10-11/h6-10H,5H2,1-4H3. The Kier molecular flexibility index (Phi) is 4.22. The Hall–Kier alpha value is -0.0431. The molecule has 1 unspecified atom stereocenters. The number of benzene rings is 1. The Morgan fingerprint density at radius 1 is 1.20 bits per heavy atom. The lowest BCUT2D eigenvalue weighted by molar-refractivity contribution is 1.48. The average Bonchev–Trinajstić information content (AvgIpc) is 2.16. The molecule has 0 spiro atoms. The predicted octanol–water partition coefficient (Wildman–Crippen LogP) is 4.52. The van der Waals surface area contributed by atoms with Crippen LogP contribution in [0.3, 0.4) is 0 Å². The van der Waals surface area contributed by atoms with Crippen LogP contribution in [-0.2, 0) is 0 Å². The number of hydrogen-bond donors (Lipinski definition) is 0. The first-order valence-electron chi connectivity index (χ1n) is 5.25. The van der Waals surface area contributed by atoms with Gasteiger partial charge in [-0.2, -0.15) is 0 Å². The van der Waals surface area contributed by atoms with Crippen molar-refractivity contribution in [2.75, 3.05) is 6.16 Å². The third-order valence-corrected chi connectivity index (χ3v) is 9.61. The van der Waals surface area contributed by atoms with Gasteiger partial charge in [0, 0.05) is 5.30 Å². The molecular weight excluding hydrogens is 241 g/mol. The number of nitrogens with zero attached hydrogens (tertiary/aromatic N) is 1. The molecule has 15 heavy (non-hydrogen) atoms. The molecule has 0 saturated heterocycles. The van der Waals surface area contributed by atoms with Crippen LogP contribution in [0.25, 0.3) is 0 Å². The molecule has 84 valence electrons. The number of rotatable bonds is 3. The molecule has 4 heteroatoms. The first-order chi connectivity index (χ1) is 6.87. The van der Waals surface area contributed by atoms with Crippen molar-refractivity contribution in [1.82, 2.24) is 0 Å². The van der Waals surface area contributed by atoms with E-state index in [-0.39, 0.29) is 0 Å². The zero-order valence-electron chi connectivity index (χ0n) is 9.87. The van der Waals surface area contributed by atoms with Gasteiger partial charge in [-0.1, -0.05) is 68.1 Å². The SMILES string of the molecule is CCP(Cl)(=N[Si](C)(C)C)c1ccccc1. The van der Waals surface area contributed by atoms with Crippen molar-refractivity contribution in [3.63, 3.8) is 0 Å². The summed E-state index contributed by atoms with van der Waals surface area (Å²) < 4.78 is 4.94. The molecule has 0 aliphatic carbocycles. The Morgan fingerprint density at radius 2 is 1.73 bits per heavy atom. The van der Waals surface area contributed by atoms with E-state index < -0.39 is 14.6 Å². The minimum Gasteiger partial charge on any atom is -0.320 e. The van der Waals surface area contributed by atoms with Gasteiger partial charge in [0.05, 0.1) is 6.41 Å². The van der Waals surface area contributed by atoms with Gasteiger partial charge in [-0.15, -0.1) is 0 Å². The summed E-state index contributed by atoms with van der Waals surface area (Å²) in [6.07, 6.45) is -0.818. The van der Waals surface area contributed by atoms with E-state index >= 15 is 0 Å². The van der Waals surface area contributed by atoms with Crippen LogP contribution in [0.15, 0.2) is 34.7 Å². The second kappa shape index (κ2) is 4.86. The van der Waals surface area contributed by atoms with Gasteiger partial charge < -0.3 is 4.41 Å². The molecule has 0 N–H and O–H groups in total. The maximum atomic E-state index is 6.71. The lowest BCUT2D eigenvalue weighted by Gasteiger charge is -2.21. The summed E-state index contributed by atoms with van der Waals surface area (Å²) in [5, 5.41) is 1.22. The molecule has 1 rings (SSSR count). The van der Waals surface area contributed by atoms with Gasteiger partial charge in [0.15, 0.2) is 8.24 Å². The number of hydrogen-bond acceptors (Lipinski definition) is 1. The van der Waals surface area contributed by atoms with Crippen LogP contribution < -0.4 is 5.30 Å². The van der Waals surface area contributed by atoms with E-state index in [4.69, 9.17) is 15.7 Å². The quantitative estimate of drug-likeness (QED) is 0.559. The highest BCUT2D eigenvalue weighted by Gasteiger charge is 2.21. The molecule has 1 atom stereocenters. The van der Waals surface area contributed by atoms with Crippen molar-refractivity contribution in [2.24, 2.45) is 4.41 Å². The summed E-state index contributed by atoms with van der Waals surface area (Å²) >= 11 is 6.71. The average molecular weight is 260 g/mol. The normalized spacial score (nSPS) is 15.8. The van der Waals surface area contributed by atoms with Gasteiger partial charge in [-0.3, -0.25) is 0 Å². The second-order valence-electron chi connectivity index (χ2n) is 4.60. The van der Waals surface area contributed by atoms with Crippen LogP contribution in [0.2, 0.25) is 19.6 Å². The Morgan fingerprint density at radius 3 is 2.13 bits per heavy atom. The third kappa shape index (κ3) is 3.79. The van der Waals surface area contributed by atoms with Gasteiger partial charge >= 0.3 is 0 Å². The summed E-state index contributed by atoms with van der Waals surface area (Å²) in [5.74, 6) is 0. The molecular formula is C11H19ClNPSi. The van der Waals surface area contributed by atoms with Gasteiger partial charge in [0.25, 0.3) is 0 Å². The van der Waals surface area contributed by atoms with Gasteiger partial charge in [-0.25, -0.2) is 0 Å². The van der Waals surface area contributed by atoms with E-state index in [0.29, 0.717) is 0 Å². The highest BCUT2D eigenvalue weighted by molar-refractivity contribution is 7.97. The van der Waals surface area contributed by atoms with E-state index in [9.17, 15) is 0 Å². The molecule has 1 aromatic rings. The van der Waals surface area contributed by atoms with Crippen LogP contribution in [0, 0.1) is 0 Å². The zero-order valence-corrected chi connectivity index (χ0v) is 12.5. The molecule has 1 aromatic carbocycles. The maximum Gasteiger partial charge on any atom is 0.172 e. The molecule has 1 nitrogen and oxygen atoms in total. The minimum absolute atomic E-state index is 0.947. The largest absolute Gasteiger partial charge is 0.320 e. The van der Waals surface area contributed by atoms with Crippen LogP contribution >= 0.6 is 17.6 Å². The van der Waals surface area contributed by atoms with Crippen LogP contribution in [0.5, 0.6) is 0 Å². The van der Waals surface area contributed by atoms with E-state index in [1.807, 2.05) is 18.2 Å². The highest BCUT2D eigenvalue weighted by atomic mass is 35.7. The van der Waals surface area contributed by atoms with Crippen molar-refractivity contribution >= 4 is 31.2 Å². The van der Waals surface area contributed by atoms with Gasteiger partial charge in [0.2, 0.25) is 0 Å². The van der Waals surface area contributed by atoms with Crippen molar-refractivity contribution in [3.8, 4) is 0 Å². The predicted molar refractivity (Wildman–Crippen MR) is 75.2 cm³/mol. The topological polar surface area (TPSA) is 12.4 Å². The third-order valence-electron chi connectivity index (χ3n) is 2.03. The Labute approximate surface area is 98.8 Å². The fraction of sp³-hybridized carbons (Fsp3) is 0.455. The first-order valence-corrected chi connectivity index (χ1v) is 11.5. The molecule has 0 radical (unpaired) electrons. The van der Waals surface area contributed by atoms with E-state index in [0.717, 1.165) is 6.16 Å². The molecule has 0 aromatic heterocycles. The summed E-state index contributed by atoms with van der Waals surface area (Å²) in [7, 11) is -1.45. The zero-order chi connectivity index (χ0) is 11.5. The fourth-order valence-corrected chi connectivity index (χ4v) is 9.65. The van der Waals surface area contributed by atoms with Crippen LogP contribution in [-0.4, -0.2) is 14.4 Å². The van der Waals surface area contributed by atoms with Gasteiger partial charge in [0.1, 0.15) is 0 Å². The molecule has 0 heterocycles. The molecule has 0 fully saturated rings. The van der Waals surface area contributed by atoms with Crippen LogP contribution in [0.1, 0.15) is 6.92 Å². The van der Waals surface area contributed by atoms with E-state index in [1.165, 1.54) is 5.30 Å². The Bertz CT molecular complexity index is 370. The minimum atomic E-state index is -1.77. The molecule has 0 saturated carbocycles. The lowest BCUT2D eigenvalue weighted by atomic mass is 10.4.